The molecule has 0 fully saturated rings. The maximum atomic E-state index is 12.7. The van der Waals surface area contributed by atoms with Crippen LogP contribution >= 0.6 is 0 Å². The summed E-state index contributed by atoms with van der Waals surface area (Å²) >= 11 is 0. The van der Waals surface area contributed by atoms with Crippen molar-refractivity contribution in [3.8, 4) is 0 Å². The third-order valence-corrected chi connectivity index (χ3v) is 2.42. The molecule has 9 heteroatoms. The van der Waals surface area contributed by atoms with Crippen molar-refractivity contribution in [1.29, 1.82) is 0 Å². The molecule has 19 heavy (non-hydrogen) atoms. The Morgan fingerprint density at radius 1 is 1.37 bits per heavy atom. The first-order valence-corrected chi connectivity index (χ1v) is 4.90. The smallest absolute Gasteiger partial charge is 0.422 e. The Kier molecular flexibility index (Phi) is 3.68. The van der Waals surface area contributed by atoms with Gasteiger partial charge in [-0.2, -0.15) is 13.2 Å². The zero-order valence-corrected chi connectivity index (χ0v) is 9.54. The van der Waals surface area contributed by atoms with E-state index in [4.69, 9.17) is 5.11 Å². The second kappa shape index (κ2) is 4.75. The average molecular weight is 278 g/mol. The largest absolute Gasteiger partial charge is 0.479 e. The molecule has 0 aliphatic carbocycles. The summed E-state index contributed by atoms with van der Waals surface area (Å²) < 4.78 is 38.0. The summed E-state index contributed by atoms with van der Waals surface area (Å²) in [7, 11) is 0. The summed E-state index contributed by atoms with van der Waals surface area (Å²) in [4.78, 5) is 35.5. The molecule has 1 unspecified atom stereocenters. The third-order valence-electron chi connectivity index (χ3n) is 2.42. The van der Waals surface area contributed by atoms with Gasteiger partial charge in [0, 0.05) is 6.20 Å². The number of hydrogen-bond donors (Lipinski definition) is 3. The zero-order chi connectivity index (χ0) is 14.8. The molecule has 3 N–H and O–H groups in total. The van der Waals surface area contributed by atoms with Crippen LogP contribution in [0.2, 0.25) is 0 Å². The number of aliphatic carboxylic acids is 1. The van der Waals surface area contributed by atoms with Crippen LogP contribution < -0.4 is 10.9 Å². The predicted molar refractivity (Wildman–Crippen MR) is 56.6 cm³/mol. The normalized spacial score (nSPS) is 14.5. The molecule has 1 amide bonds. The summed E-state index contributed by atoms with van der Waals surface area (Å²) in [6.45, 7) is 0.296. The van der Waals surface area contributed by atoms with Crippen molar-refractivity contribution >= 4 is 11.9 Å². The average Bonchev–Trinajstić information content (AvgIpc) is 2.27. The third kappa shape index (κ3) is 2.75. The summed E-state index contributed by atoms with van der Waals surface area (Å²) in [6.07, 6.45) is -4.03. The quantitative estimate of drug-likeness (QED) is 0.750. The molecule has 0 aliphatic rings. The standard InChI is InChI=1S/C10H9F3N2O4/c1-9(8(18)19,10(11,12)13)15-7(17)5-3-2-4-14-6(5)16/h2-4H,1H3,(H,14,16)(H,15,17)(H,18,19). The number of pyridine rings is 1. The van der Waals surface area contributed by atoms with Crippen molar-refractivity contribution in [3.05, 3.63) is 34.2 Å². The van der Waals surface area contributed by atoms with Gasteiger partial charge < -0.3 is 15.4 Å². The van der Waals surface area contributed by atoms with Gasteiger partial charge in [0.15, 0.2) is 0 Å². The topological polar surface area (TPSA) is 99.3 Å². The lowest BCUT2D eigenvalue weighted by atomic mass is 10.0. The number of alkyl halides is 3. The van der Waals surface area contributed by atoms with E-state index in [2.05, 4.69) is 4.98 Å². The molecule has 0 aromatic carbocycles. The molecule has 1 atom stereocenters. The fourth-order valence-corrected chi connectivity index (χ4v) is 1.14. The van der Waals surface area contributed by atoms with Crippen LogP contribution in [0.25, 0.3) is 0 Å². The highest BCUT2D eigenvalue weighted by atomic mass is 19.4. The molecule has 0 radical (unpaired) electrons. The highest BCUT2D eigenvalue weighted by Gasteiger charge is 2.58. The highest BCUT2D eigenvalue weighted by molar-refractivity contribution is 5.97. The first-order valence-electron chi connectivity index (χ1n) is 4.90. The van der Waals surface area contributed by atoms with Crippen molar-refractivity contribution in [2.45, 2.75) is 18.6 Å². The monoisotopic (exact) mass is 278 g/mol. The number of carboxylic acid groups (broad SMARTS) is 1. The first-order chi connectivity index (χ1) is 8.59. The summed E-state index contributed by atoms with van der Waals surface area (Å²) in [5.41, 5.74) is -5.01. The number of halogens is 3. The van der Waals surface area contributed by atoms with Crippen molar-refractivity contribution < 1.29 is 27.9 Å². The fraction of sp³-hybridized carbons (Fsp3) is 0.300. The van der Waals surface area contributed by atoms with Crippen molar-refractivity contribution in [2.75, 3.05) is 0 Å². The number of aromatic amines is 1. The molecule has 0 saturated carbocycles. The lowest BCUT2D eigenvalue weighted by molar-refractivity contribution is -0.203. The van der Waals surface area contributed by atoms with Gasteiger partial charge in [0.25, 0.3) is 11.5 Å². The number of nitrogens with one attached hydrogen (secondary N) is 2. The molecule has 1 aromatic heterocycles. The van der Waals surface area contributed by atoms with Crippen LogP contribution in [0.1, 0.15) is 17.3 Å². The zero-order valence-electron chi connectivity index (χ0n) is 9.54. The van der Waals surface area contributed by atoms with Crippen molar-refractivity contribution in [1.82, 2.24) is 10.3 Å². The Bertz CT molecular complexity index is 566. The van der Waals surface area contributed by atoms with E-state index >= 15 is 0 Å². The van der Waals surface area contributed by atoms with Crippen LogP contribution in [0.4, 0.5) is 13.2 Å². The van der Waals surface area contributed by atoms with Gasteiger partial charge in [-0.05, 0) is 19.1 Å². The maximum absolute atomic E-state index is 12.7. The van der Waals surface area contributed by atoms with Crippen LogP contribution in [-0.4, -0.2) is 33.7 Å². The molecule has 0 bridgehead atoms. The molecule has 0 aliphatic heterocycles. The van der Waals surface area contributed by atoms with E-state index in [0.29, 0.717) is 6.92 Å². The second-order valence-electron chi connectivity index (χ2n) is 3.79. The Morgan fingerprint density at radius 3 is 2.37 bits per heavy atom. The number of aromatic nitrogens is 1. The Hall–Kier alpha value is -2.32. The van der Waals surface area contributed by atoms with Gasteiger partial charge in [-0.25, -0.2) is 4.79 Å². The van der Waals surface area contributed by atoms with Crippen molar-refractivity contribution in [2.24, 2.45) is 0 Å². The van der Waals surface area contributed by atoms with Gasteiger partial charge in [-0.1, -0.05) is 0 Å². The summed E-state index contributed by atoms with van der Waals surface area (Å²) in [5.74, 6) is -3.70. The van der Waals surface area contributed by atoms with Gasteiger partial charge in [0.05, 0.1) is 0 Å². The van der Waals surface area contributed by atoms with Gasteiger partial charge in [0.1, 0.15) is 5.56 Å². The van der Waals surface area contributed by atoms with Gasteiger partial charge >= 0.3 is 12.1 Å². The number of hydrogen-bond acceptors (Lipinski definition) is 3. The predicted octanol–water partition coefficient (Wildman–Crippen LogP) is 0.510. The van der Waals surface area contributed by atoms with Crippen LogP contribution in [0, 0.1) is 0 Å². The van der Waals surface area contributed by atoms with Crippen LogP contribution in [0.15, 0.2) is 23.1 Å². The van der Waals surface area contributed by atoms with E-state index in [1.54, 1.807) is 0 Å². The van der Waals surface area contributed by atoms with E-state index in [1.165, 1.54) is 17.6 Å². The Morgan fingerprint density at radius 2 is 1.95 bits per heavy atom. The Balaban J connectivity index is 3.13. The Labute approximate surface area is 104 Å². The molecule has 0 saturated heterocycles. The number of amides is 1. The molecule has 104 valence electrons. The minimum Gasteiger partial charge on any atom is -0.479 e. The molecule has 6 nitrogen and oxygen atoms in total. The van der Waals surface area contributed by atoms with E-state index < -0.39 is 34.7 Å². The van der Waals surface area contributed by atoms with Crippen molar-refractivity contribution in [3.63, 3.8) is 0 Å². The van der Waals surface area contributed by atoms with Crippen LogP contribution in [-0.2, 0) is 4.79 Å². The van der Waals surface area contributed by atoms with Crippen LogP contribution in [0.5, 0.6) is 0 Å². The van der Waals surface area contributed by atoms with E-state index in [-0.39, 0.29) is 0 Å². The SMILES string of the molecule is CC(NC(=O)c1ccc[nH]c1=O)(C(=O)O)C(F)(F)F. The molecule has 1 rings (SSSR count). The highest BCUT2D eigenvalue weighted by Crippen LogP contribution is 2.30. The molecular formula is C10H9F3N2O4. The minimum atomic E-state index is -5.21. The van der Waals surface area contributed by atoms with Gasteiger partial charge in [0.2, 0.25) is 5.54 Å². The molecular weight excluding hydrogens is 269 g/mol. The van der Waals surface area contributed by atoms with Crippen LogP contribution in [0.3, 0.4) is 0 Å². The molecule has 1 heterocycles. The fourth-order valence-electron chi connectivity index (χ4n) is 1.14. The molecule has 1 aromatic rings. The number of H-pyrrole nitrogens is 1. The van der Waals surface area contributed by atoms with Gasteiger partial charge in [-0.15, -0.1) is 0 Å². The van der Waals surface area contributed by atoms with E-state index in [1.807, 2.05) is 0 Å². The number of carboxylic acids is 1. The lowest BCUT2D eigenvalue weighted by Crippen LogP contribution is -2.62. The summed E-state index contributed by atoms with van der Waals surface area (Å²) in [6, 6.07) is 2.20. The maximum Gasteiger partial charge on any atom is 0.422 e. The number of rotatable bonds is 3. The lowest BCUT2D eigenvalue weighted by Gasteiger charge is -2.28. The second-order valence-corrected chi connectivity index (χ2v) is 3.79. The van der Waals surface area contributed by atoms with Gasteiger partial charge in [-0.3, -0.25) is 9.59 Å². The minimum absolute atomic E-state index is 0.296. The first kappa shape index (κ1) is 14.7. The summed E-state index contributed by atoms with van der Waals surface area (Å²) in [5, 5.41) is 9.92. The van der Waals surface area contributed by atoms with E-state index in [9.17, 15) is 27.6 Å². The number of carbonyl (C=O) groups excluding carboxylic acids is 1. The number of carbonyl (C=O) groups is 2. The van der Waals surface area contributed by atoms with E-state index in [0.717, 1.165) is 6.07 Å². The molecule has 0 spiro atoms.